The maximum Gasteiger partial charge on any atom is 0.133 e. The van der Waals surface area contributed by atoms with Gasteiger partial charge in [0.2, 0.25) is 0 Å². The molecular weight excluding hydrogens is 300 g/mol. The lowest BCUT2D eigenvalue weighted by molar-refractivity contribution is -0.171. The van der Waals surface area contributed by atoms with Gasteiger partial charge in [0.25, 0.3) is 0 Å². The van der Waals surface area contributed by atoms with Crippen molar-refractivity contribution in [2.45, 2.75) is 84.3 Å². The number of aliphatic hydroxyl groups is 2. The highest BCUT2D eigenvalue weighted by atomic mass is 16.3. The van der Waals surface area contributed by atoms with Gasteiger partial charge >= 0.3 is 0 Å². The lowest BCUT2D eigenvalue weighted by atomic mass is 9.44. The molecule has 24 heavy (non-hydrogen) atoms. The summed E-state index contributed by atoms with van der Waals surface area (Å²) >= 11 is 0. The minimum absolute atomic E-state index is 0.157. The number of aliphatic hydroxyl groups excluding tert-OH is 2. The van der Waals surface area contributed by atoms with Crippen LogP contribution in [-0.4, -0.2) is 28.2 Å². The summed E-state index contributed by atoms with van der Waals surface area (Å²) in [4.78, 5) is 12.2. The first-order valence-corrected chi connectivity index (χ1v) is 10.1. The first-order chi connectivity index (χ1) is 11.3. The highest BCUT2D eigenvalue weighted by molar-refractivity contribution is 5.79. The number of rotatable bonds is 1. The number of ketones is 1. The van der Waals surface area contributed by atoms with Crippen molar-refractivity contribution in [1.29, 1.82) is 0 Å². The average Bonchev–Trinajstić information content (AvgIpc) is 2.87. The molecule has 3 nitrogen and oxygen atoms in total. The fourth-order valence-electron chi connectivity index (χ4n) is 7.95. The number of fused-ring (bicyclic) bond motifs is 5. The van der Waals surface area contributed by atoms with E-state index in [1.54, 1.807) is 6.92 Å². The summed E-state index contributed by atoms with van der Waals surface area (Å²) in [5, 5.41) is 21.0. The number of carbonyl (C=O) groups is 1. The molecule has 4 aliphatic rings. The molecule has 136 valence electrons. The van der Waals surface area contributed by atoms with E-state index < -0.39 is 0 Å². The van der Waals surface area contributed by atoms with E-state index in [0.29, 0.717) is 23.5 Å². The van der Waals surface area contributed by atoms with Crippen LogP contribution in [0, 0.1) is 40.4 Å². The maximum atomic E-state index is 12.2. The van der Waals surface area contributed by atoms with Gasteiger partial charge in [-0.25, -0.2) is 0 Å². The van der Waals surface area contributed by atoms with E-state index in [2.05, 4.69) is 13.8 Å². The fourth-order valence-corrected chi connectivity index (χ4v) is 7.95. The Bertz CT molecular complexity index is 531. The molecule has 0 aromatic carbocycles. The molecule has 0 bridgehead atoms. The fraction of sp³-hybridized carbons (Fsp3) is 0.952. The topological polar surface area (TPSA) is 57.5 Å². The summed E-state index contributed by atoms with van der Waals surface area (Å²) in [5.74, 6) is 2.71. The highest BCUT2D eigenvalue weighted by Gasteiger charge is 2.62. The summed E-state index contributed by atoms with van der Waals surface area (Å²) in [6.45, 7) is 6.53. The van der Waals surface area contributed by atoms with Crippen LogP contribution in [-0.2, 0) is 4.79 Å². The molecule has 0 heterocycles. The van der Waals surface area contributed by atoms with Gasteiger partial charge < -0.3 is 10.2 Å². The lowest BCUT2D eigenvalue weighted by Crippen LogP contribution is -2.58. The van der Waals surface area contributed by atoms with Gasteiger partial charge in [-0.2, -0.15) is 0 Å². The first-order valence-electron chi connectivity index (χ1n) is 10.1. The molecular formula is C21H34O3. The predicted molar refractivity (Wildman–Crippen MR) is 93.3 cm³/mol. The summed E-state index contributed by atoms with van der Waals surface area (Å²) in [6, 6.07) is 0. The number of hydrogen-bond acceptors (Lipinski definition) is 3. The average molecular weight is 335 g/mol. The van der Waals surface area contributed by atoms with E-state index in [1.165, 1.54) is 12.8 Å². The van der Waals surface area contributed by atoms with Crippen molar-refractivity contribution in [2.24, 2.45) is 40.4 Å². The van der Waals surface area contributed by atoms with Crippen molar-refractivity contribution in [1.82, 2.24) is 0 Å². The van der Waals surface area contributed by atoms with Crippen LogP contribution in [0.5, 0.6) is 0 Å². The third kappa shape index (κ3) is 2.19. The molecule has 0 saturated heterocycles. The van der Waals surface area contributed by atoms with Crippen molar-refractivity contribution < 1.29 is 15.0 Å². The van der Waals surface area contributed by atoms with Gasteiger partial charge in [-0.15, -0.1) is 0 Å². The zero-order valence-corrected chi connectivity index (χ0v) is 15.5. The van der Waals surface area contributed by atoms with Crippen molar-refractivity contribution in [3.63, 3.8) is 0 Å². The summed E-state index contributed by atoms with van der Waals surface area (Å²) < 4.78 is 0. The molecule has 0 unspecified atom stereocenters. The normalized spacial score (nSPS) is 57.0. The molecule has 0 spiro atoms. The minimum atomic E-state index is -0.273. The van der Waals surface area contributed by atoms with Crippen LogP contribution in [0.3, 0.4) is 0 Å². The van der Waals surface area contributed by atoms with E-state index >= 15 is 0 Å². The molecule has 9 atom stereocenters. The molecule has 0 amide bonds. The van der Waals surface area contributed by atoms with E-state index in [0.717, 1.165) is 38.5 Å². The van der Waals surface area contributed by atoms with Gasteiger partial charge in [0.1, 0.15) is 5.78 Å². The molecule has 0 aromatic heterocycles. The smallest absolute Gasteiger partial charge is 0.133 e. The standard InChI is InChI=1S/C21H34O3/c1-12(22)15-4-5-16-14-11-19(24)18-10-13(23)6-8-21(18,3)17(14)7-9-20(15,16)2/h13-19,23-24H,4-11H2,1-3H3/t13-,14+,15-,16+,17+,18+,19+,20+,21+/m0/s1. The zero-order chi connectivity index (χ0) is 17.3. The van der Waals surface area contributed by atoms with Gasteiger partial charge in [0.15, 0.2) is 0 Å². The number of Topliss-reactive ketones (excluding diaryl/α,β-unsaturated/α-hetero) is 1. The Hall–Kier alpha value is -0.410. The Labute approximate surface area is 146 Å². The Kier molecular flexibility index (Phi) is 3.93. The number of hydrogen-bond donors (Lipinski definition) is 2. The molecule has 4 rings (SSSR count). The number of carbonyl (C=O) groups excluding carboxylic acids is 1. The van der Waals surface area contributed by atoms with Crippen LogP contribution in [0.2, 0.25) is 0 Å². The molecule has 2 N–H and O–H groups in total. The quantitative estimate of drug-likeness (QED) is 0.771. The Morgan fingerprint density at radius 2 is 1.54 bits per heavy atom. The van der Waals surface area contributed by atoms with Gasteiger partial charge in [0.05, 0.1) is 12.2 Å². The Morgan fingerprint density at radius 3 is 2.25 bits per heavy atom. The minimum Gasteiger partial charge on any atom is -0.393 e. The van der Waals surface area contributed by atoms with Crippen LogP contribution < -0.4 is 0 Å². The SMILES string of the molecule is CC(=O)[C@@H]1CC[C@@H]2[C@H]3C[C@@H](O)[C@H]4C[C@@H](O)CC[C@]4(C)[C@@H]3CC[C@@]21C. The zero-order valence-electron chi connectivity index (χ0n) is 15.5. The van der Waals surface area contributed by atoms with E-state index in [1.807, 2.05) is 0 Å². The second-order valence-electron chi connectivity index (χ2n) is 10.0. The molecule has 4 saturated carbocycles. The van der Waals surface area contributed by atoms with Crippen molar-refractivity contribution in [2.75, 3.05) is 0 Å². The van der Waals surface area contributed by atoms with Crippen molar-refractivity contribution in [3.05, 3.63) is 0 Å². The molecule has 0 aromatic rings. The second kappa shape index (κ2) is 5.54. The van der Waals surface area contributed by atoms with Gasteiger partial charge in [0, 0.05) is 5.92 Å². The first kappa shape index (κ1) is 17.0. The monoisotopic (exact) mass is 334 g/mol. The lowest BCUT2D eigenvalue weighted by Gasteiger charge is -2.62. The summed E-state index contributed by atoms with van der Waals surface area (Å²) in [5.41, 5.74) is 0.335. The largest absolute Gasteiger partial charge is 0.393 e. The van der Waals surface area contributed by atoms with E-state index in [4.69, 9.17) is 0 Å². The van der Waals surface area contributed by atoms with Crippen LogP contribution in [0.4, 0.5) is 0 Å². The Morgan fingerprint density at radius 1 is 0.875 bits per heavy atom. The molecule has 4 aliphatic carbocycles. The molecule has 0 radical (unpaired) electrons. The van der Waals surface area contributed by atoms with Crippen LogP contribution in [0.1, 0.15) is 72.1 Å². The van der Waals surface area contributed by atoms with Crippen LogP contribution >= 0.6 is 0 Å². The van der Waals surface area contributed by atoms with E-state index in [9.17, 15) is 15.0 Å². The van der Waals surface area contributed by atoms with Gasteiger partial charge in [-0.05, 0) is 92.8 Å². The maximum absolute atomic E-state index is 12.2. The van der Waals surface area contributed by atoms with Crippen molar-refractivity contribution >= 4 is 5.78 Å². The third-order valence-corrected chi connectivity index (χ3v) is 9.14. The van der Waals surface area contributed by atoms with E-state index in [-0.39, 0.29) is 34.9 Å². The predicted octanol–water partition coefficient (Wildman–Crippen LogP) is 3.57. The summed E-state index contributed by atoms with van der Waals surface area (Å²) in [7, 11) is 0. The Balaban J connectivity index is 1.65. The van der Waals surface area contributed by atoms with Crippen molar-refractivity contribution in [3.8, 4) is 0 Å². The van der Waals surface area contributed by atoms with Crippen LogP contribution in [0.15, 0.2) is 0 Å². The molecule has 3 heteroatoms. The van der Waals surface area contributed by atoms with Crippen LogP contribution in [0.25, 0.3) is 0 Å². The summed E-state index contributed by atoms with van der Waals surface area (Å²) in [6.07, 6.45) is 7.70. The third-order valence-electron chi connectivity index (χ3n) is 9.14. The molecule has 4 fully saturated rings. The van der Waals surface area contributed by atoms with Gasteiger partial charge in [-0.1, -0.05) is 13.8 Å². The second-order valence-corrected chi connectivity index (χ2v) is 10.0. The molecule has 0 aliphatic heterocycles. The van der Waals surface area contributed by atoms with Gasteiger partial charge in [-0.3, -0.25) is 4.79 Å². The highest BCUT2D eigenvalue weighted by Crippen LogP contribution is 2.67.